The van der Waals surface area contributed by atoms with E-state index in [1.54, 1.807) is 17.9 Å². The van der Waals surface area contributed by atoms with Gasteiger partial charge in [0.25, 0.3) is 5.91 Å². The van der Waals surface area contributed by atoms with E-state index in [0.29, 0.717) is 41.3 Å². The highest BCUT2D eigenvalue weighted by Crippen LogP contribution is 2.37. The van der Waals surface area contributed by atoms with E-state index in [1.165, 1.54) is 30.0 Å². The molecule has 3 amide bonds. The number of hydrogen-bond acceptors (Lipinski definition) is 6. The van der Waals surface area contributed by atoms with Gasteiger partial charge in [0.05, 0.1) is 17.4 Å². The van der Waals surface area contributed by atoms with Crippen LogP contribution in [0, 0.1) is 18.3 Å². The average molecular weight is 519 g/mol. The lowest BCUT2D eigenvalue weighted by Gasteiger charge is -2.25. The van der Waals surface area contributed by atoms with Crippen molar-refractivity contribution in [2.24, 2.45) is 0 Å². The van der Waals surface area contributed by atoms with E-state index in [0.717, 1.165) is 20.9 Å². The van der Waals surface area contributed by atoms with Crippen molar-refractivity contribution in [3.8, 4) is 6.07 Å². The number of rotatable bonds is 6. The maximum Gasteiger partial charge on any atom is 0.255 e. The Morgan fingerprint density at radius 2 is 1.92 bits per heavy atom. The second-order valence-electron chi connectivity index (χ2n) is 8.56. The molecule has 2 N–H and O–H groups in total. The number of nitriles is 1. The summed E-state index contributed by atoms with van der Waals surface area (Å²) < 4.78 is 0. The molecule has 1 unspecified atom stereocenters. The number of hydrogen-bond donors (Lipinski definition) is 2. The van der Waals surface area contributed by atoms with Crippen LogP contribution in [-0.2, 0) is 22.6 Å². The zero-order valence-electron chi connectivity index (χ0n) is 20.3. The van der Waals surface area contributed by atoms with Crippen LogP contribution in [0.25, 0.3) is 0 Å². The molecular weight excluding hydrogens is 492 g/mol. The standard InChI is InChI=1S/C27H26N4O3S2/c1-16-7-4-5-10-21(16)26(34)29-19-8-6-9-20(13-19)35-17(2)25(33)30-27-23(14-28)22-11-12-31(18(3)32)15-24(22)36-27/h4-10,13,17H,11-12,15H2,1-3H3,(H,29,34)(H,30,33). The van der Waals surface area contributed by atoms with Gasteiger partial charge in [0.1, 0.15) is 11.1 Å². The molecule has 1 aliphatic rings. The molecule has 184 valence electrons. The van der Waals surface area contributed by atoms with E-state index in [9.17, 15) is 19.6 Å². The van der Waals surface area contributed by atoms with Gasteiger partial charge < -0.3 is 15.5 Å². The monoisotopic (exact) mass is 518 g/mol. The van der Waals surface area contributed by atoms with Gasteiger partial charge in [0.15, 0.2) is 0 Å². The maximum absolute atomic E-state index is 13.0. The minimum atomic E-state index is -0.438. The Hall–Kier alpha value is -3.61. The van der Waals surface area contributed by atoms with Crippen LogP contribution in [0.2, 0.25) is 0 Å². The highest BCUT2D eigenvalue weighted by Gasteiger charge is 2.27. The molecule has 1 aliphatic heterocycles. The van der Waals surface area contributed by atoms with E-state index in [2.05, 4.69) is 16.7 Å². The summed E-state index contributed by atoms with van der Waals surface area (Å²) in [6.07, 6.45) is 0.607. The number of thiophene rings is 1. The zero-order chi connectivity index (χ0) is 25.8. The Morgan fingerprint density at radius 1 is 1.14 bits per heavy atom. The summed E-state index contributed by atoms with van der Waals surface area (Å²) in [4.78, 5) is 40.9. The molecule has 0 radical (unpaired) electrons. The number of nitrogens with zero attached hydrogens (tertiary/aromatic N) is 2. The average Bonchev–Trinajstić information content (AvgIpc) is 3.20. The maximum atomic E-state index is 13.0. The third kappa shape index (κ3) is 5.61. The largest absolute Gasteiger partial charge is 0.337 e. The number of nitrogens with one attached hydrogen (secondary N) is 2. The number of fused-ring (bicyclic) bond motifs is 1. The highest BCUT2D eigenvalue weighted by atomic mass is 32.2. The van der Waals surface area contributed by atoms with Gasteiger partial charge in [-0.15, -0.1) is 23.1 Å². The number of carbonyl (C=O) groups is 3. The summed E-state index contributed by atoms with van der Waals surface area (Å²) in [7, 11) is 0. The molecule has 0 saturated carbocycles. The van der Waals surface area contributed by atoms with Crippen LogP contribution in [0.5, 0.6) is 0 Å². The number of thioether (sulfide) groups is 1. The van der Waals surface area contributed by atoms with Crippen molar-refractivity contribution < 1.29 is 14.4 Å². The summed E-state index contributed by atoms with van der Waals surface area (Å²) in [6.45, 7) is 6.27. The fraction of sp³-hybridized carbons (Fsp3) is 0.259. The lowest BCUT2D eigenvalue weighted by atomic mass is 10.0. The molecule has 36 heavy (non-hydrogen) atoms. The van der Waals surface area contributed by atoms with E-state index in [4.69, 9.17) is 0 Å². The van der Waals surface area contributed by atoms with E-state index in [1.807, 2.05) is 49.4 Å². The molecule has 0 aliphatic carbocycles. The van der Waals surface area contributed by atoms with Gasteiger partial charge >= 0.3 is 0 Å². The minimum absolute atomic E-state index is 0.000452. The molecule has 4 rings (SSSR count). The molecule has 0 fully saturated rings. The number of benzene rings is 2. The third-order valence-corrected chi connectivity index (χ3v) is 8.24. The fourth-order valence-electron chi connectivity index (χ4n) is 4.02. The van der Waals surface area contributed by atoms with Gasteiger partial charge in [-0.1, -0.05) is 24.3 Å². The highest BCUT2D eigenvalue weighted by molar-refractivity contribution is 8.00. The Labute approximate surface area is 218 Å². The lowest BCUT2D eigenvalue weighted by molar-refractivity contribution is -0.129. The van der Waals surface area contributed by atoms with Crippen LogP contribution in [0.3, 0.4) is 0 Å². The van der Waals surface area contributed by atoms with Crippen molar-refractivity contribution >= 4 is 51.5 Å². The first-order chi connectivity index (χ1) is 17.3. The molecule has 0 spiro atoms. The van der Waals surface area contributed by atoms with Gasteiger partial charge in [-0.25, -0.2) is 0 Å². The molecule has 0 bridgehead atoms. The Kier molecular flexibility index (Phi) is 7.77. The molecule has 3 aromatic rings. The minimum Gasteiger partial charge on any atom is -0.337 e. The SMILES string of the molecule is CC(=O)N1CCc2c(sc(NC(=O)C(C)Sc3cccc(NC(=O)c4ccccc4C)c3)c2C#N)C1. The predicted molar refractivity (Wildman–Crippen MR) is 143 cm³/mol. The van der Waals surface area contributed by atoms with Gasteiger partial charge in [0, 0.05) is 34.5 Å². The predicted octanol–water partition coefficient (Wildman–Crippen LogP) is 5.20. The van der Waals surface area contributed by atoms with Gasteiger partial charge in [0.2, 0.25) is 11.8 Å². The van der Waals surface area contributed by atoms with Gasteiger partial charge in [-0.2, -0.15) is 5.26 Å². The van der Waals surface area contributed by atoms with E-state index < -0.39 is 5.25 Å². The lowest BCUT2D eigenvalue weighted by Crippen LogP contribution is -2.33. The second kappa shape index (κ2) is 11.0. The van der Waals surface area contributed by atoms with Crippen LogP contribution >= 0.6 is 23.1 Å². The number of carbonyl (C=O) groups excluding carboxylic acids is 3. The Morgan fingerprint density at radius 3 is 2.64 bits per heavy atom. The summed E-state index contributed by atoms with van der Waals surface area (Å²) in [6, 6.07) is 17.0. The molecule has 7 nitrogen and oxygen atoms in total. The van der Waals surface area contributed by atoms with Gasteiger partial charge in [-0.3, -0.25) is 14.4 Å². The first-order valence-corrected chi connectivity index (χ1v) is 13.2. The topological polar surface area (TPSA) is 102 Å². The number of amides is 3. The Balaban J connectivity index is 1.42. The van der Waals surface area contributed by atoms with Crippen molar-refractivity contribution in [2.75, 3.05) is 17.2 Å². The zero-order valence-corrected chi connectivity index (χ0v) is 21.9. The third-order valence-electron chi connectivity index (χ3n) is 6.01. The van der Waals surface area contributed by atoms with Crippen LogP contribution in [0.1, 0.15) is 45.8 Å². The first kappa shape index (κ1) is 25.5. The first-order valence-electron chi connectivity index (χ1n) is 11.5. The molecule has 9 heteroatoms. The summed E-state index contributed by atoms with van der Waals surface area (Å²) in [5.41, 5.74) is 3.57. The molecule has 2 heterocycles. The van der Waals surface area contributed by atoms with Crippen molar-refractivity contribution in [3.05, 3.63) is 75.7 Å². The van der Waals surface area contributed by atoms with Crippen LogP contribution in [0.4, 0.5) is 10.7 Å². The van der Waals surface area contributed by atoms with Crippen molar-refractivity contribution in [2.45, 2.75) is 43.9 Å². The van der Waals surface area contributed by atoms with Crippen molar-refractivity contribution in [1.29, 1.82) is 5.26 Å². The molecular formula is C27H26N4O3S2. The molecule has 2 aromatic carbocycles. The summed E-state index contributed by atoms with van der Waals surface area (Å²) in [5.74, 6) is -0.400. The van der Waals surface area contributed by atoms with Gasteiger partial charge in [-0.05, 0) is 55.7 Å². The second-order valence-corrected chi connectivity index (χ2v) is 11.1. The van der Waals surface area contributed by atoms with Crippen molar-refractivity contribution in [1.82, 2.24) is 4.90 Å². The van der Waals surface area contributed by atoms with Crippen LogP contribution < -0.4 is 10.6 Å². The summed E-state index contributed by atoms with van der Waals surface area (Å²) in [5, 5.41) is 15.6. The van der Waals surface area contributed by atoms with Crippen LogP contribution in [0.15, 0.2) is 53.4 Å². The molecule has 0 saturated heterocycles. The quantitative estimate of drug-likeness (QED) is 0.437. The van der Waals surface area contributed by atoms with Crippen molar-refractivity contribution in [3.63, 3.8) is 0 Å². The molecule has 1 atom stereocenters. The number of aryl methyl sites for hydroxylation is 1. The Bertz CT molecular complexity index is 1380. The van der Waals surface area contributed by atoms with E-state index in [-0.39, 0.29) is 17.7 Å². The van der Waals surface area contributed by atoms with Crippen LogP contribution in [-0.4, -0.2) is 34.4 Å². The number of anilines is 2. The van der Waals surface area contributed by atoms with E-state index >= 15 is 0 Å². The fourth-order valence-corrected chi connectivity index (χ4v) is 6.17. The summed E-state index contributed by atoms with van der Waals surface area (Å²) >= 11 is 2.73. The normalized spacial score (nSPS) is 13.3. The molecule has 1 aromatic heterocycles. The smallest absolute Gasteiger partial charge is 0.255 e.